The molecule has 1 aromatic heterocycles. The summed E-state index contributed by atoms with van der Waals surface area (Å²) in [5.74, 6) is -2.59. The van der Waals surface area contributed by atoms with Crippen LogP contribution in [0.25, 0.3) is 6.08 Å². The molecular weight excluding hydrogens is 490 g/mol. The second-order valence-corrected chi connectivity index (χ2v) is 9.34. The van der Waals surface area contributed by atoms with Gasteiger partial charge in [-0.05, 0) is 67.2 Å². The van der Waals surface area contributed by atoms with Gasteiger partial charge >= 0.3 is 6.36 Å². The van der Waals surface area contributed by atoms with E-state index in [9.17, 15) is 31.1 Å². The van der Waals surface area contributed by atoms with Crippen LogP contribution in [-0.2, 0) is 16.4 Å². The van der Waals surface area contributed by atoms with E-state index in [1.807, 2.05) is 6.92 Å². The van der Waals surface area contributed by atoms with Crippen LogP contribution >= 0.6 is 0 Å². The van der Waals surface area contributed by atoms with Gasteiger partial charge in [0.25, 0.3) is 0 Å². The van der Waals surface area contributed by atoms with Gasteiger partial charge in [0.2, 0.25) is 9.84 Å². The summed E-state index contributed by atoms with van der Waals surface area (Å²) in [6, 6.07) is 9.21. The lowest BCUT2D eigenvalue weighted by Gasteiger charge is -2.13. The Hall–Kier alpha value is -3.48. The number of nitrogens with one attached hydrogen (secondary N) is 2. The van der Waals surface area contributed by atoms with Gasteiger partial charge in [0.15, 0.2) is 11.6 Å². The van der Waals surface area contributed by atoms with Crippen molar-refractivity contribution in [2.24, 2.45) is 4.99 Å². The van der Waals surface area contributed by atoms with Crippen LogP contribution in [0, 0.1) is 12.7 Å². The van der Waals surface area contributed by atoms with Gasteiger partial charge in [0.1, 0.15) is 6.23 Å². The first-order valence-electron chi connectivity index (χ1n) is 10.0. The molecule has 0 amide bonds. The maximum absolute atomic E-state index is 14.0. The molecule has 2 aromatic carbocycles. The predicted octanol–water partition coefficient (Wildman–Crippen LogP) is 4.65. The molecule has 0 aliphatic heterocycles. The molecule has 1 unspecified atom stereocenters. The van der Waals surface area contributed by atoms with E-state index in [2.05, 4.69) is 26.7 Å². The maximum Gasteiger partial charge on any atom is 0.573 e. The molecule has 0 radical (unpaired) electrons. The Morgan fingerprint density at radius 1 is 1.17 bits per heavy atom. The number of aromatic amines is 1. The molecule has 0 aliphatic rings. The van der Waals surface area contributed by atoms with Crippen LogP contribution < -0.4 is 10.1 Å². The van der Waals surface area contributed by atoms with Gasteiger partial charge in [-0.2, -0.15) is 0 Å². The standard InChI is InChI=1S/C23H21F4N3O4S/c1-14-11-20(30-19(14)9-10-28-2)22(31)29-13-15-3-5-16(6-4-15)35(32,33)17-7-8-21(18(24)12-17)34-23(25,26)27/h3-12,22,29-31H,2,13H2,1H3/b10-9-. The summed E-state index contributed by atoms with van der Waals surface area (Å²) in [5, 5.41) is 13.3. The highest BCUT2D eigenvalue weighted by Crippen LogP contribution is 2.29. The SMILES string of the molecule is C=N/C=C\c1[nH]c(C(O)NCc2ccc(S(=O)(=O)c3ccc(OC(F)(F)F)c(F)c3)cc2)cc1C. The van der Waals surface area contributed by atoms with Crippen molar-refractivity contribution in [3.63, 3.8) is 0 Å². The van der Waals surface area contributed by atoms with Crippen molar-refractivity contribution in [3.05, 3.63) is 83.1 Å². The number of alkyl halides is 3. The molecule has 0 aliphatic carbocycles. The van der Waals surface area contributed by atoms with Crippen LogP contribution in [0.5, 0.6) is 5.75 Å². The van der Waals surface area contributed by atoms with E-state index < -0.39 is 38.9 Å². The number of hydrogen-bond donors (Lipinski definition) is 3. The van der Waals surface area contributed by atoms with E-state index in [-0.39, 0.29) is 11.4 Å². The molecule has 0 bridgehead atoms. The number of ether oxygens (including phenoxy) is 1. The largest absolute Gasteiger partial charge is 0.573 e. The molecule has 3 rings (SSSR count). The van der Waals surface area contributed by atoms with E-state index in [1.165, 1.54) is 30.5 Å². The first-order valence-corrected chi connectivity index (χ1v) is 11.5. The summed E-state index contributed by atoms with van der Waals surface area (Å²) in [6.07, 6.45) is -2.92. The average Bonchev–Trinajstić information content (AvgIpc) is 3.17. The molecule has 186 valence electrons. The number of H-pyrrole nitrogens is 1. The first kappa shape index (κ1) is 26.1. The Labute approximate surface area is 198 Å². The zero-order valence-corrected chi connectivity index (χ0v) is 19.1. The quantitative estimate of drug-likeness (QED) is 0.221. The van der Waals surface area contributed by atoms with Crippen LogP contribution in [0.3, 0.4) is 0 Å². The van der Waals surface area contributed by atoms with Gasteiger partial charge < -0.3 is 14.8 Å². The number of aliphatic imine (C=N–C) groups is 1. The van der Waals surface area contributed by atoms with Crippen molar-refractivity contribution in [1.82, 2.24) is 10.3 Å². The van der Waals surface area contributed by atoms with Crippen molar-refractivity contribution in [2.75, 3.05) is 0 Å². The van der Waals surface area contributed by atoms with Crippen molar-refractivity contribution < 1.29 is 35.8 Å². The number of aliphatic hydroxyl groups excluding tert-OH is 1. The van der Waals surface area contributed by atoms with E-state index in [1.54, 1.807) is 12.1 Å². The normalized spacial score (nSPS) is 13.2. The zero-order chi connectivity index (χ0) is 25.8. The van der Waals surface area contributed by atoms with Gasteiger partial charge in [0, 0.05) is 18.4 Å². The Balaban J connectivity index is 1.69. The van der Waals surface area contributed by atoms with Crippen molar-refractivity contribution in [3.8, 4) is 5.75 Å². The minimum atomic E-state index is -5.11. The lowest BCUT2D eigenvalue weighted by atomic mass is 10.2. The van der Waals surface area contributed by atoms with E-state index in [0.29, 0.717) is 23.4 Å². The second-order valence-electron chi connectivity index (χ2n) is 7.39. The number of aliphatic hydroxyl groups is 1. The third-order valence-electron chi connectivity index (χ3n) is 4.89. The van der Waals surface area contributed by atoms with Crippen LogP contribution in [-0.4, -0.2) is 31.6 Å². The molecule has 1 heterocycles. The minimum absolute atomic E-state index is 0.182. The molecule has 35 heavy (non-hydrogen) atoms. The third-order valence-corrected chi connectivity index (χ3v) is 6.66. The van der Waals surface area contributed by atoms with Crippen LogP contribution in [0.1, 0.15) is 28.7 Å². The Kier molecular flexibility index (Phi) is 7.78. The average molecular weight is 511 g/mol. The number of halogens is 4. The van der Waals surface area contributed by atoms with Crippen LogP contribution in [0.2, 0.25) is 0 Å². The lowest BCUT2D eigenvalue weighted by molar-refractivity contribution is -0.275. The second kappa shape index (κ2) is 10.4. The summed E-state index contributed by atoms with van der Waals surface area (Å²) < 4.78 is 79.9. The Morgan fingerprint density at radius 3 is 2.43 bits per heavy atom. The number of rotatable bonds is 9. The van der Waals surface area contributed by atoms with Gasteiger partial charge in [-0.25, -0.2) is 12.8 Å². The number of aromatic nitrogens is 1. The molecule has 3 N–H and O–H groups in total. The highest BCUT2D eigenvalue weighted by Gasteiger charge is 2.33. The fraction of sp³-hybridized carbons (Fsp3) is 0.174. The fourth-order valence-electron chi connectivity index (χ4n) is 3.15. The van der Waals surface area contributed by atoms with E-state index in [0.717, 1.165) is 17.3 Å². The summed E-state index contributed by atoms with van der Waals surface area (Å²) in [6.45, 7) is 5.41. The monoisotopic (exact) mass is 511 g/mol. The van der Waals surface area contributed by atoms with Gasteiger partial charge in [-0.1, -0.05) is 12.1 Å². The smallest absolute Gasteiger partial charge is 0.403 e. The molecule has 0 fully saturated rings. The molecule has 7 nitrogen and oxygen atoms in total. The van der Waals surface area contributed by atoms with Gasteiger partial charge in [0.05, 0.1) is 15.5 Å². The topological polar surface area (TPSA) is 104 Å². The van der Waals surface area contributed by atoms with E-state index >= 15 is 0 Å². The predicted molar refractivity (Wildman–Crippen MR) is 121 cm³/mol. The maximum atomic E-state index is 14.0. The van der Waals surface area contributed by atoms with Crippen molar-refractivity contribution >= 4 is 22.6 Å². The first-order chi connectivity index (χ1) is 16.4. The highest BCUT2D eigenvalue weighted by atomic mass is 32.2. The van der Waals surface area contributed by atoms with Crippen LogP contribution in [0.4, 0.5) is 17.6 Å². The number of nitrogens with zero attached hydrogens (tertiary/aromatic N) is 1. The number of aryl methyl sites for hydroxylation is 1. The molecule has 12 heteroatoms. The number of benzene rings is 2. The molecule has 3 aromatic rings. The molecule has 1 atom stereocenters. The number of sulfone groups is 1. The zero-order valence-electron chi connectivity index (χ0n) is 18.3. The molecule has 0 saturated carbocycles. The summed E-state index contributed by atoms with van der Waals surface area (Å²) in [4.78, 5) is 5.98. The summed E-state index contributed by atoms with van der Waals surface area (Å²) in [7, 11) is -4.19. The Bertz CT molecular complexity index is 1330. The Morgan fingerprint density at radius 2 is 1.83 bits per heavy atom. The molecule has 0 saturated heterocycles. The van der Waals surface area contributed by atoms with Crippen molar-refractivity contribution in [2.45, 2.75) is 35.8 Å². The third kappa shape index (κ3) is 6.56. The molecule has 0 spiro atoms. The fourth-order valence-corrected chi connectivity index (χ4v) is 4.42. The molecular formula is C23H21F4N3O4S. The van der Waals surface area contributed by atoms with E-state index in [4.69, 9.17) is 0 Å². The summed E-state index contributed by atoms with van der Waals surface area (Å²) >= 11 is 0. The summed E-state index contributed by atoms with van der Waals surface area (Å²) in [5.41, 5.74) is 2.81. The minimum Gasteiger partial charge on any atom is -0.403 e. The van der Waals surface area contributed by atoms with Gasteiger partial charge in [-0.15, -0.1) is 13.2 Å². The van der Waals surface area contributed by atoms with Crippen molar-refractivity contribution in [1.29, 1.82) is 0 Å². The number of hydrogen-bond acceptors (Lipinski definition) is 6. The van der Waals surface area contributed by atoms with Gasteiger partial charge in [-0.3, -0.25) is 10.3 Å². The lowest BCUT2D eigenvalue weighted by Crippen LogP contribution is -2.20. The highest BCUT2D eigenvalue weighted by molar-refractivity contribution is 7.91. The van der Waals surface area contributed by atoms with Crippen LogP contribution in [0.15, 0.2) is 69.5 Å².